The second-order valence-electron chi connectivity index (χ2n) is 3.87. The van der Waals surface area contributed by atoms with Crippen molar-refractivity contribution in [2.75, 3.05) is 25.2 Å². The highest BCUT2D eigenvalue weighted by Gasteiger charge is 2.14. The molecule has 0 bridgehead atoms. The van der Waals surface area contributed by atoms with E-state index in [1.807, 2.05) is 12.1 Å². The Hall–Kier alpha value is -1.33. The summed E-state index contributed by atoms with van der Waals surface area (Å²) in [7, 11) is 0. The smallest absolute Gasteiger partial charge is 0.215 e. The van der Waals surface area contributed by atoms with Gasteiger partial charge in [-0.25, -0.2) is 5.84 Å². The van der Waals surface area contributed by atoms with Crippen LogP contribution in [-0.4, -0.2) is 24.8 Å². The fourth-order valence-corrected chi connectivity index (χ4v) is 1.69. The summed E-state index contributed by atoms with van der Waals surface area (Å²) in [6.45, 7) is 2.38. The van der Waals surface area contributed by atoms with Gasteiger partial charge in [0.25, 0.3) is 0 Å². The second-order valence-corrected chi connectivity index (χ2v) is 3.87. The summed E-state index contributed by atoms with van der Waals surface area (Å²) in [5.41, 5.74) is 2.49. The van der Waals surface area contributed by atoms with E-state index >= 15 is 0 Å². The van der Waals surface area contributed by atoms with Gasteiger partial charge in [-0.3, -0.25) is 0 Å². The molecule has 1 saturated heterocycles. The predicted molar refractivity (Wildman–Crippen MR) is 61.1 cm³/mol. The van der Waals surface area contributed by atoms with E-state index in [1.54, 1.807) is 6.07 Å². The third kappa shape index (κ3) is 3.08. The number of nitrogen functional groups attached to an aromatic ring is 1. The van der Waals surface area contributed by atoms with Crippen LogP contribution in [0.2, 0.25) is 0 Å². The molecule has 2 rings (SSSR count). The van der Waals surface area contributed by atoms with Gasteiger partial charge >= 0.3 is 0 Å². The van der Waals surface area contributed by atoms with E-state index in [0.717, 1.165) is 26.1 Å². The lowest BCUT2D eigenvalue weighted by molar-refractivity contribution is 0.0490. The molecule has 0 saturated carbocycles. The van der Waals surface area contributed by atoms with Crippen LogP contribution in [0.5, 0.6) is 5.88 Å². The lowest BCUT2D eigenvalue weighted by Crippen LogP contribution is -2.21. The summed E-state index contributed by atoms with van der Waals surface area (Å²) < 4.78 is 10.9. The van der Waals surface area contributed by atoms with Crippen molar-refractivity contribution in [2.24, 2.45) is 11.8 Å². The lowest BCUT2D eigenvalue weighted by atomic mass is 10.0. The van der Waals surface area contributed by atoms with Crippen LogP contribution in [0.25, 0.3) is 0 Å². The lowest BCUT2D eigenvalue weighted by Gasteiger charge is -2.21. The molecule has 5 nitrogen and oxygen atoms in total. The Morgan fingerprint density at radius 1 is 1.44 bits per heavy atom. The highest BCUT2D eigenvalue weighted by atomic mass is 16.5. The maximum absolute atomic E-state index is 5.63. The van der Waals surface area contributed by atoms with Gasteiger partial charge in [-0.15, -0.1) is 0 Å². The molecule has 1 aliphatic heterocycles. The van der Waals surface area contributed by atoms with Crippen molar-refractivity contribution in [3.8, 4) is 5.88 Å². The number of hydrogen-bond donors (Lipinski definition) is 2. The first-order valence-electron chi connectivity index (χ1n) is 5.52. The van der Waals surface area contributed by atoms with Gasteiger partial charge in [-0.2, -0.15) is 4.98 Å². The molecule has 5 heteroatoms. The number of pyridine rings is 1. The van der Waals surface area contributed by atoms with E-state index in [0.29, 0.717) is 24.2 Å². The maximum atomic E-state index is 5.63. The van der Waals surface area contributed by atoms with Gasteiger partial charge in [0.15, 0.2) is 0 Å². The van der Waals surface area contributed by atoms with Crippen molar-refractivity contribution in [2.45, 2.75) is 12.8 Å². The van der Waals surface area contributed by atoms with E-state index in [-0.39, 0.29) is 0 Å². The Morgan fingerprint density at radius 2 is 2.25 bits per heavy atom. The molecular weight excluding hydrogens is 206 g/mol. The zero-order valence-corrected chi connectivity index (χ0v) is 9.19. The first-order valence-corrected chi connectivity index (χ1v) is 5.52. The highest BCUT2D eigenvalue weighted by Crippen LogP contribution is 2.17. The van der Waals surface area contributed by atoms with Crippen molar-refractivity contribution in [1.82, 2.24) is 4.98 Å². The Bertz CT molecular complexity index is 327. The Morgan fingerprint density at radius 3 is 3.00 bits per heavy atom. The number of anilines is 1. The van der Waals surface area contributed by atoms with Crippen LogP contribution in [0.3, 0.4) is 0 Å². The molecular formula is C11H17N3O2. The van der Waals surface area contributed by atoms with Crippen molar-refractivity contribution in [3.05, 3.63) is 18.2 Å². The summed E-state index contributed by atoms with van der Waals surface area (Å²) >= 11 is 0. The molecule has 88 valence electrons. The average molecular weight is 223 g/mol. The number of ether oxygens (including phenoxy) is 2. The van der Waals surface area contributed by atoms with Gasteiger partial charge in [-0.1, -0.05) is 6.07 Å². The zero-order valence-electron chi connectivity index (χ0n) is 9.19. The second kappa shape index (κ2) is 5.67. The Kier molecular flexibility index (Phi) is 3.96. The third-order valence-corrected chi connectivity index (χ3v) is 2.68. The number of nitrogens with one attached hydrogen (secondary N) is 1. The molecule has 1 aromatic rings. The van der Waals surface area contributed by atoms with Crippen molar-refractivity contribution in [3.63, 3.8) is 0 Å². The fourth-order valence-electron chi connectivity index (χ4n) is 1.69. The summed E-state index contributed by atoms with van der Waals surface area (Å²) in [6, 6.07) is 5.49. The molecule has 0 aliphatic carbocycles. The maximum Gasteiger partial charge on any atom is 0.215 e. The minimum absolute atomic E-state index is 0.574. The Balaban J connectivity index is 1.83. The summed E-state index contributed by atoms with van der Waals surface area (Å²) in [5.74, 6) is 7.08. The van der Waals surface area contributed by atoms with Crippen LogP contribution in [0.1, 0.15) is 12.8 Å². The van der Waals surface area contributed by atoms with Gasteiger partial charge in [0, 0.05) is 19.3 Å². The molecule has 16 heavy (non-hydrogen) atoms. The van der Waals surface area contributed by atoms with Gasteiger partial charge in [0.2, 0.25) is 5.88 Å². The minimum Gasteiger partial charge on any atom is -0.477 e. The molecule has 0 atom stereocenters. The van der Waals surface area contributed by atoms with Crippen molar-refractivity contribution >= 4 is 5.82 Å². The SMILES string of the molecule is NNc1cccc(OCC2CCOCC2)n1. The molecule has 1 fully saturated rings. The molecule has 0 spiro atoms. The number of nitrogens with zero attached hydrogens (tertiary/aromatic N) is 1. The van der Waals surface area contributed by atoms with Gasteiger partial charge in [0.1, 0.15) is 5.82 Å². The quantitative estimate of drug-likeness (QED) is 0.592. The molecule has 0 amide bonds. The Labute approximate surface area is 94.9 Å². The first-order chi connectivity index (χ1) is 7.88. The highest BCUT2D eigenvalue weighted by molar-refractivity contribution is 5.35. The van der Waals surface area contributed by atoms with E-state index in [9.17, 15) is 0 Å². The van der Waals surface area contributed by atoms with Gasteiger partial charge in [0.05, 0.1) is 6.61 Å². The molecule has 1 aromatic heterocycles. The first kappa shape index (κ1) is 11.2. The number of hydrazine groups is 1. The van der Waals surface area contributed by atoms with E-state index in [2.05, 4.69) is 10.4 Å². The zero-order chi connectivity index (χ0) is 11.2. The average Bonchev–Trinajstić information content (AvgIpc) is 2.38. The molecule has 0 unspecified atom stereocenters. The van der Waals surface area contributed by atoms with Crippen LogP contribution < -0.4 is 16.0 Å². The number of hydrogen-bond acceptors (Lipinski definition) is 5. The predicted octanol–water partition coefficient (Wildman–Crippen LogP) is 1.17. The number of aromatic nitrogens is 1. The molecule has 0 aromatic carbocycles. The summed E-state index contributed by atoms with van der Waals surface area (Å²) in [4.78, 5) is 4.19. The monoisotopic (exact) mass is 223 g/mol. The van der Waals surface area contributed by atoms with Gasteiger partial charge in [-0.05, 0) is 24.8 Å². The minimum atomic E-state index is 0.574. The van der Waals surface area contributed by atoms with Gasteiger partial charge < -0.3 is 14.9 Å². The van der Waals surface area contributed by atoms with Crippen molar-refractivity contribution < 1.29 is 9.47 Å². The van der Waals surface area contributed by atoms with E-state index in [4.69, 9.17) is 15.3 Å². The molecule has 1 aliphatic rings. The summed E-state index contributed by atoms with van der Waals surface area (Å²) in [6.07, 6.45) is 2.13. The normalized spacial score (nSPS) is 17.1. The number of rotatable bonds is 4. The van der Waals surface area contributed by atoms with Crippen molar-refractivity contribution in [1.29, 1.82) is 0 Å². The summed E-state index contributed by atoms with van der Waals surface area (Å²) in [5, 5.41) is 0. The van der Waals surface area contributed by atoms with Crippen LogP contribution in [-0.2, 0) is 4.74 Å². The molecule has 2 heterocycles. The number of nitrogens with two attached hydrogens (primary N) is 1. The molecule has 3 N–H and O–H groups in total. The van der Waals surface area contributed by atoms with Crippen LogP contribution in [0.15, 0.2) is 18.2 Å². The van der Waals surface area contributed by atoms with Crippen LogP contribution in [0, 0.1) is 5.92 Å². The van der Waals surface area contributed by atoms with Crippen LogP contribution in [0.4, 0.5) is 5.82 Å². The standard InChI is InChI=1S/C11H17N3O2/c12-14-10-2-1-3-11(13-10)16-8-9-4-6-15-7-5-9/h1-3,9H,4-8,12H2,(H,13,14). The largest absolute Gasteiger partial charge is 0.477 e. The van der Waals surface area contributed by atoms with E-state index < -0.39 is 0 Å². The third-order valence-electron chi connectivity index (χ3n) is 2.68. The fraction of sp³-hybridized carbons (Fsp3) is 0.545. The topological polar surface area (TPSA) is 69.4 Å². The molecule has 0 radical (unpaired) electrons. The van der Waals surface area contributed by atoms with E-state index in [1.165, 1.54) is 0 Å². The van der Waals surface area contributed by atoms with Crippen LogP contribution >= 0.6 is 0 Å².